The lowest BCUT2D eigenvalue weighted by Crippen LogP contribution is -2.44. The van der Waals surface area contributed by atoms with E-state index < -0.39 is 0 Å². The molecule has 2 saturated carbocycles. The minimum atomic E-state index is 0.105. The predicted molar refractivity (Wildman–Crippen MR) is 144 cm³/mol. The molecule has 3 aliphatic rings. The molecule has 0 aliphatic heterocycles. The smallest absolute Gasteiger partial charge is 0.0393 e. The molecule has 0 aromatic heterocycles. The first-order chi connectivity index (χ1) is 16.3. The van der Waals surface area contributed by atoms with Gasteiger partial charge < -0.3 is 10.6 Å². The van der Waals surface area contributed by atoms with Crippen molar-refractivity contribution in [2.24, 2.45) is 5.92 Å². The van der Waals surface area contributed by atoms with Crippen molar-refractivity contribution < 1.29 is 0 Å². The number of allylic oxidation sites excluding steroid dienone is 1. The van der Waals surface area contributed by atoms with Gasteiger partial charge in [0.15, 0.2) is 0 Å². The maximum Gasteiger partial charge on any atom is 0.0393 e. The maximum absolute atomic E-state index is 3.89. The Morgan fingerprint density at radius 2 is 1.33 bits per heavy atom. The second-order valence-corrected chi connectivity index (χ2v) is 11.3. The molecule has 0 atom stereocenters. The molecule has 4 rings (SSSR count). The van der Waals surface area contributed by atoms with Crippen LogP contribution in [0.15, 0.2) is 24.3 Å². The van der Waals surface area contributed by atoms with Gasteiger partial charge >= 0.3 is 0 Å². The standard InChI is InChI=1S/C31H50N2/c1-3-5-20-32-23-31(24-33-21-6-4-2)22-28(26-16-11-8-12-17-26)30-27(18-13-19-29(30)31)25-14-9-7-10-15-25/h13,18-19,22,25-26,32-33H,3-12,14-17,20-21,23-24H2,1-2H3. The third-order valence-electron chi connectivity index (χ3n) is 8.74. The minimum absolute atomic E-state index is 0.105. The fourth-order valence-corrected chi connectivity index (χ4v) is 6.83. The quantitative estimate of drug-likeness (QED) is 0.318. The molecule has 1 aromatic rings. The molecule has 2 heteroatoms. The molecule has 33 heavy (non-hydrogen) atoms. The van der Waals surface area contributed by atoms with E-state index in [1.165, 1.54) is 89.9 Å². The van der Waals surface area contributed by atoms with Crippen LogP contribution in [0.3, 0.4) is 0 Å². The van der Waals surface area contributed by atoms with Crippen molar-refractivity contribution in [2.75, 3.05) is 26.2 Å². The first-order valence-corrected chi connectivity index (χ1v) is 14.6. The molecule has 3 aliphatic carbocycles. The van der Waals surface area contributed by atoms with Gasteiger partial charge in [-0.1, -0.05) is 89.5 Å². The van der Waals surface area contributed by atoms with Crippen LogP contribution >= 0.6 is 0 Å². The van der Waals surface area contributed by atoms with E-state index in [9.17, 15) is 0 Å². The zero-order valence-corrected chi connectivity index (χ0v) is 21.7. The van der Waals surface area contributed by atoms with Crippen LogP contribution in [0, 0.1) is 5.92 Å². The van der Waals surface area contributed by atoms with Crippen molar-refractivity contribution in [3.63, 3.8) is 0 Å². The summed E-state index contributed by atoms with van der Waals surface area (Å²) in [5.41, 5.74) is 6.88. The monoisotopic (exact) mass is 450 g/mol. The van der Waals surface area contributed by atoms with Crippen LogP contribution < -0.4 is 10.6 Å². The van der Waals surface area contributed by atoms with E-state index in [2.05, 4.69) is 48.8 Å². The second kappa shape index (κ2) is 12.5. The fourth-order valence-electron chi connectivity index (χ4n) is 6.83. The summed E-state index contributed by atoms with van der Waals surface area (Å²) in [7, 11) is 0. The number of nitrogens with one attached hydrogen (secondary N) is 2. The third-order valence-corrected chi connectivity index (χ3v) is 8.74. The lowest BCUT2D eigenvalue weighted by molar-refractivity contribution is 0.424. The Hall–Kier alpha value is -1.12. The van der Waals surface area contributed by atoms with E-state index in [-0.39, 0.29) is 5.41 Å². The van der Waals surface area contributed by atoms with Crippen LogP contribution in [0.5, 0.6) is 0 Å². The molecule has 2 N–H and O–H groups in total. The summed E-state index contributed by atoms with van der Waals surface area (Å²) < 4.78 is 0. The molecule has 0 heterocycles. The van der Waals surface area contributed by atoms with E-state index in [0.717, 1.165) is 38.0 Å². The first-order valence-electron chi connectivity index (χ1n) is 14.6. The van der Waals surface area contributed by atoms with E-state index >= 15 is 0 Å². The Morgan fingerprint density at radius 1 is 0.758 bits per heavy atom. The Labute approximate surface area is 204 Å². The molecule has 0 spiro atoms. The van der Waals surface area contributed by atoms with Crippen molar-refractivity contribution >= 4 is 5.57 Å². The van der Waals surface area contributed by atoms with E-state index in [1.54, 1.807) is 22.3 Å². The highest BCUT2D eigenvalue weighted by Crippen LogP contribution is 2.50. The van der Waals surface area contributed by atoms with Crippen molar-refractivity contribution in [1.82, 2.24) is 10.6 Å². The van der Waals surface area contributed by atoms with Gasteiger partial charge in [-0.05, 0) is 85.7 Å². The van der Waals surface area contributed by atoms with Gasteiger partial charge in [0.1, 0.15) is 0 Å². The zero-order valence-electron chi connectivity index (χ0n) is 21.7. The Kier molecular flexibility index (Phi) is 9.50. The highest BCUT2D eigenvalue weighted by molar-refractivity contribution is 5.81. The van der Waals surface area contributed by atoms with Crippen LogP contribution in [0.1, 0.15) is 126 Å². The summed E-state index contributed by atoms with van der Waals surface area (Å²) in [6.45, 7) is 9.01. The van der Waals surface area contributed by atoms with Gasteiger partial charge in [-0.3, -0.25) is 0 Å². The van der Waals surface area contributed by atoms with Crippen LogP contribution in [-0.4, -0.2) is 26.2 Å². The number of unbranched alkanes of at least 4 members (excludes halogenated alkanes) is 2. The Bertz CT molecular complexity index is 740. The van der Waals surface area contributed by atoms with E-state index in [1.807, 2.05) is 0 Å². The van der Waals surface area contributed by atoms with Gasteiger partial charge in [0.25, 0.3) is 0 Å². The highest BCUT2D eigenvalue weighted by atomic mass is 14.9. The van der Waals surface area contributed by atoms with Crippen molar-refractivity contribution in [2.45, 2.75) is 115 Å². The first kappa shape index (κ1) is 25.0. The largest absolute Gasteiger partial charge is 0.315 e. The maximum atomic E-state index is 3.89. The molecule has 0 bridgehead atoms. The number of fused-ring (bicyclic) bond motifs is 1. The molecule has 1 aromatic carbocycles. The summed E-state index contributed by atoms with van der Waals surface area (Å²) in [6.07, 6.45) is 22.0. The summed E-state index contributed by atoms with van der Waals surface area (Å²) in [4.78, 5) is 0. The van der Waals surface area contributed by atoms with Gasteiger partial charge in [0.05, 0.1) is 0 Å². The number of benzene rings is 1. The van der Waals surface area contributed by atoms with Crippen molar-refractivity contribution in [3.05, 3.63) is 41.0 Å². The Morgan fingerprint density at radius 3 is 1.91 bits per heavy atom. The third kappa shape index (κ3) is 5.93. The fraction of sp³-hybridized carbons (Fsp3) is 0.742. The molecule has 0 saturated heterocycles. The molecule has 184 valence electrons. The Balaban J connectivity index is 1.71. The van der Waals surface area contributed by atoms with Gasteiger partial charge in [-0.2, -0.15) is 0 Å². The molecule has 0 radical (unpaired) electrons. The number of hydrogen-bond acceptors (Lipinski definition) is 2. The summed E-state index contributed by atoms with van der Waals surface area (Å²) >= 11 is 0. The van der Waals surface area contributed by atoms with Gasteiger partial charge in [0, 0.05) is 18.5 Å². The molecule has 2 fully saturated rings. The van der Waals surface area contributed by atoms with Gasteiger partial charge in [0.2, 0.25) is 0 Å². The molecular weight excluding hydrogens is 400 g/mol. The lowest BCUT2D eigenvalue weighted by atomic mass is 9.75. The lowest BCUT2D eigenvalue weighted by Gasteiger charge is -2.32. The average Bonchev–Trinajstić information content (AvgIpc) is 3.20. The average molecular weight is 451 g/mol. The number of hydrogen-bond donors (Lipinski definition) is 2. The van der Waals surface area contributed by atoms with Crippen molar-refractivity contribution in [3.8, 4) is 0 Å². The normalized spacial score (nSPS) is 21.2. The van der Waals surface area contributed by atoms with Crippen LogP contribution in [0.2, 0.25) is 0 Å². The van der Waals surface area contributed by atoms with E-state index in [0.29, 0.717) is 0 Å². The van der Waals surface area contributed by atoms with E-state index in [4.69, 9.17) is 0 Å². The van der Waals surface area contributed by atoms with Crippen LogP contribution in [0.25, 0.3) is 5.57 Å². The summed E-state index contributed by atoms with van der Waals surface area (Å²) in [6, 6.07) is 7.40. The second-order valence-electron chi connectivity index (χ2n) is 11.3. The molecule has 2 nitrogen and oxygen atoms in total. The molecule has 0 unspecified atom stereocenters. The van der Waals surface area contributed by atoms with Gasteiger partial charge in [-0.25, -0.2) is 0 Å². The molecule has 0 amide bonds. The van der Waals surface area contributed by atoms with Crippen LogP contribution in [0.4, 0.5) is 0 Å². The number of rotatable bonds is 12. The van der Waals surface area contributed by atoms with Gasteiger partial charge in [-0.15, -0.1) is 0 Å². The SMILES string of the molecule is CCCCNCC1(CNCCCC)C=C(C2CCCCC2)c2c(C3CCCCC3)cccc21. The highest BCUT2D eigenvalue weighted by Gasteiger charge is 2.41. The zero-order chi connectivity index (χ0) is 22.9. The minimum Gasteiger partial charge on any atom is -0.315 e. The summed E-state index contributed by atoms with van der Waals surface area (Å²) in [5.74, 6) is 1.55. The molecular formula is C31H50N2. The predicted octanol–water partition coefficient (Wildman–Crippen LogP) is 7.73. The topological polar surface area (TPSA) is 24.1 Å². The van der Waals surface area contributed by atoms with Crippen molar-refractivity contribution in [1.29, 1.82) is 0 Å². The van der Waals surface area contributed by atoms with Crippen LogP contribution in [-0.2, 0) is 5.41 Å². The summed E-state index contributed by atoms with van der Waals surface area (Å²) in [5, 5.41) is 7.78.